The number of nitrogens with one attached hydrogen (secondary N) is 1. The summed E-state index contributed by atoms with van der Waals surface area (Å²) in [5.74, 6) is -2.20. The monoisotopic (exact) mass is 348 g/mol. The molecule has 2 N–H and O–H groups in total. The van der Waals surface area contributed by atoms with E-state index in [1.165, 1.54) is 27.2 Å². The van der Waals surface area contributed by atoms with Gasteiger partial charge in [0.1, 0.15) is 11.2 Å². The predicted molar refractivity (Wildman–Crippen MR) is 87.4 cm³/mol. The van der Waals surface area contributed by atoms with E-state index in [-0.39, 0.29) is 39.3 Å². The lowest BCUT2D eigenvalue weighted by Crippen LogP contribution is -2.12. The zero-order valence-corrected chi connectivity index (χ0v) is 14.0. The van der Waals surface area contributed by atoms with Gasteiger partial charge >= 0.3 is 11.9 Å². The van der Waals surface area contributed by atoms with Crippen molar-refractivity contribution >= 4 is 34.4 Å². The molecule has 9 nitrogen and oxygen atoms in total. The van der Waals surface area contributed by atoms with Crippen LogP contribution in [-0.2, 0) is 9.53 Å². The van der Waals surface area contributed by atoms with Gasteiger partial charge in [-0.3, -0.25) is 4.79 Å². The Morgan fingerprint density at radius 1 is 1.12 bits per heavy atom. The second-order valence-electron chi connectivity index (χ2n) is 4.92. The standard InChI is InChI=1S/C16H16N2O7/c1-7(19)17-9-6-11(23-2)14(24-3)13-12(9)8(15(20)21)5-10(18-13)16(22)25-4/h5-6H,1-4H3,(H,17,19)(H,20,21). The molecule has 1 heterocycles. The number of rotatable bonds is 5. The number of nitrogens with zero attached hydrogens (tertiary/aromatic N) is 1. The molecule has 0 saturated heterocycles. The minimum atomic E-state index is -1.31. The zero-order valence-electron chi connectivity index (χ0n) is 14.0. The molecule has 2 rings (SSSR count). The normalized spacial score (nSPS) is 10.2. The van der Waals surface area contributed by atoms with Crippen molar-refractivity contribution in [2.75, 3.05) is 26.6 Å². The molecule has 0 unspecified atom stereocenters. The Hall–Kier alpha value is -3.36. The molecule has 1 aromatic heterocycles. The van der Waals surface area contributed by atoms with Gasteiger partial charge < -0.3 is 24.6 Å². The van der Waals surface area contributed by atoms with Gasteiger partial charge in [-0.2, -0.15) is 0 Å². The summed E-state index contributed by atoms with van der Waals surface area (Å²) >= 11 is 0. The van der Waals surface area contributed by atoms with E-state index < -0.39 is 17.8 Å². The highest BCUT2D eigenvalue weighted by Crippen LogP contribution is 2.41. The number of aromatic nitrogens is 1. The average molecular weight is 348 g/mol. The first-order valence-electron chi connectivity index (χ1n) is 7.03. The largest absolute Gasteiger partial charge is 0.493 e. The van der Waals surface area contributed by atoms with Gasteiger partial charge in [-0.05, 0) is 6.07 Å². The summed E-state index contributed by atoms with van der Waals surface area (Å²) in [7, 11) is 3.88. The number of carboxylic acid groups (broad SMARTS) is 1. The number of aromatic carboxylic acids is 1. The fourth-order valence-electron chi connectivity index (χ4n) is 2.38. The van der Waals surface area contributed by atoms with Crippen LogP contribution in [0.4, 0.5) is 5.69 Å². The molecule has 0 aliphatic rings. The van der Waals surface area contributed by atoms with Gasteiger partial charge in [0.15, 0.2) is 11.5 Å². The average Bonchev–Trinajstić information content (AvgIpc) is 2.58. The number of hydrogen-bond donors (Lipinski definition) is 2. The van der Waals surface area contributed by atoms with Crippen LogP contribution in [0.3, 0.4) is 0 Å². The summed E-state index contributed by atoms with van der Waals surface area (Å²) in [6.45, 7) is 1.28. The maximum absolute atomic E-state index is 11.8. The van der Waals surface area contributed by atoms with Crippen molar-refractivity contribution in [3.05, 3.63) is 23.4 Å². The van der Waals surface area contributed by atoms with E-state index in [9.17, 15) is 19.5 Å². The smallest absolute Gasteiger partial charge is 0.356 e. The number of carbonyl (C=O) groups is 3. The molecular formula is C16H16N2O7. The van der Waals surface area contributed by atoms with Crippen LogP contribution in [0.15, 0.2) is 12.1 Å². The number of methoxy groups -OCH3 is 3. The molecule has 0 aliphatic carbocycles. The topological polar surface area (TPSA) is 124 Å². The summed E-state index contributed by atoms with van der Waals surface area (Å²) in [6, 6.07) is 2.50. The molecule has 1 aromatic carbocycles. The molecule has 0 radical (unpaired) electrons. The first kappa shape index (κ1) is 18.0. The SMILES string of the molecule is COC(=O)c1cc(C(=O)O)c2c(NC(C)=O)cc(OC)c(OC)c2n1. The van der Waals surface area contributed by atoms with E-state index in [1.807, 2.05) is 0 Å². The van der Waals surface area contributed by atoms with Crippen LogP contribution in [0.5, 0.6) is 11.5 Å². The Balaban J connectivity index is 3.01. The van der Waals surface area contributed by atoms with Crippen LogP contribution in [-0.4, -0.2) is 49.3 Å². The van der Waals surface area contributed by atoms with Gasteiger partial charge in [0.2, 0.25) is 5.91 Å². The Kier molecular flexibility index (Phi) is 5.06. The van der Waals surface area contributed by atoms with Crippen molar-refractivity contribution in [2.24, 2.45) is 0 Å². The van der Waals surface area contributed by atoms with Gasteiger partial charge in [-0.1, -0.05) is 0 Å². The summed E-state index contributed by atoms with van der Waals surface area (Å²) in [5, 5.41) is 12.2. The third kappa shape index (κ3) is 3.30. The summed E-state index contributed by atoms with van der Waals surface area (Å²) in [6.07, 6.45) is 0. The molecular weight excluding hydrogens is 332 g/mol. The Morgan fingerprint density at radius 2 is 1.80 bits per heavy atom. The van der Waals surface area contributed by atoms with Crippen molar-refractivity contribution in [1.82, 2.24) is 4.98 Å². The van der Waals surface area contributed by atoms with Gasteiger partial charge in [-0.15, -0.1) is 0 Å². The predicted octanol–water partition coefficient (Wildman–Crippen LogP) is 1.70. The number of benzene rings is 1. The highest BCUT2D eigenvalue weighted by molar-refractivity contribution is 6.14. The fraction of sp³-hybridized carbons (Fsp3) is 0.250. The first-order valence-corrected chi connectivity index (χ1v) is 7.03. The van der Waals surface area contributed by atoms with Crippen molar-refractivity contribution in [3.63, 3.8) is 0 Å². The van der Waals surface area contributed by atoms with E-state index in [0.29, 0.717) is 0 Å². The fourth-order valence-corrected chi connectivity index (χ4v) is 2.38. The quantitative estimate of drug-likeness (QED) is 0.782. The van der Waals surface area contributed by atoms with E-state index in [4.69, 9.17) is 9.47 Å². The molecule has 0 bridgehead atoms. The Labute approximate surface area is 142 Å². The van der Waals surface area contributed by atoms with Crippen LogP contribution >= 0.6 is 0 Å². The van der Waals surface area contributed by atoms with Gasteiger partial charge in [-0.25, -0.2) is 14.6 Å². The lowest BCUT2D eigenvalue weighted by atomic mass is 10.0. The molecule has 0 atom stereocenters. The maximum Gasteiger partial charge on any atom is 0.356 e. The highest BCUT2D eigenvalue weighted by Gasteiger charge is 2.24. The first-order chi connectivity index (χ1) is 11.8. The molecule has 0 aliphatic heterocycles. The second-order valence-corrected chi connectivity index (χ2v) is 4.92. The summed E-state index contributed by atoms with van der Waals surface area (Å²) in [5.41, 5.74) is -0.241. The van der Waals surface area contributed by atoms with Crippen molar-refractivity contribution in [2.45, 2.75) is 6.92 Å². The second kappa shape index (κ2) is 7.04. The van der Waals surface area contributed by atoms with Crippen LogP contribution < -0.4 is 14.8 Å². The third-order valence-corrected chi connectivity index (χ3v) is 3.36. The third-order valence-electron chi connectivity index (χ3n) is 3.36. The van der Waals surface area contributed by atoms with E-state index in [1.54, 1.807) is 0 Å². The van der Waals surface area contributed by atoms with Crippen LogP contribution in [0.25, 0.3) is 10.9 Å². The number of fused-ring (bicyclic) bond motifs is 1. The number of anilines is 1. The van der Waals surface area contributed by atoms with E-state index >= 15 is 0 Å². The molecule has 25 heavy (non-hydrogen) atoms. The highest BCUT2D eigenvalue weighted by atomic mass is 16.5. The van der Waals surface area contributed by atoms with Gasteiger partial charge in [0, 0.05) is 18.4 Å². The van der Waals surface area contributed by atoms with Gasteiger partial charge in [0.05, 0.1) is 32.6 Å². The lowest BCUT2D eigenvalue weighted by molar-refractivity contribution is -0.114. The number of carbonyl (C=O) groups excluding carboxylic acids is 2. The lowest BCUT2D eigenvalue weighted by Gasteiger charge is -2.16. The zero-order chi connectivity index (χ0) is 18.7. The summed E-state index contributed by atoms with van der Waals surface area (Å²) in [4.78, 5) is 39.2. The summed E-state index contributed by atoms with van der Waals surface area (Å²) < 4.78 is 15.1. The molecule has 0 spiro atoms. The Bertz CT molecular complexity index is 877. The van der Waals surface area contributed by atoms with Crippen molar-refractivity contribution in [3.8, 4) is 11.5 Å². The van der Waals surface area contributed by atoms with Crippen molar-refractivity contribution in [1.29, 1.82) is 0 Å². The van der Waals surface area contributed by atoms with Crippen LogP contribution in [0.2, 0.25) is 0 Å². The number of hydrogen-bond acceptors (Lipinski definition) is 7. The molecule has 1 amide bonds. The number of amides is 1. The number of ether oxygens (including phenoxy) is 3. The van der Waals surface area contributed by atoms with Crippen LogP contribution in [0, 0.1) is 0 Å². The van der Waals surface area contributed by atoms with E-state index in [0.717, 1.165) is 13.2 Å². The number of pyridine rings is 1. The number of esters is 1. The van der Waals surface area contributed by atoms with E-state index in [2.05, 4.69) is 15.0 Å². The molecule has 0 saturated carbocycles. The molecule has 132 valence electrons. The minimum absolute atomic E-state index is 0.0471. The maximum atomic E-state index is 11.8. The van der Waals surface area contributed by atoms with Crippen molar-refractivity contribution < 1.29 is 33.7 Å². The Morgan fingerprint density at radius 3 is 2.28 bits per heavy atom. The van der Waals surface area contributed by atoms with Gasteiger partial charge in [0.25, 0.3) is 0 Å². The molecule has 0 fully saturated rings. The number of carboxylic acids is 1. The molecule has 2 aromatic rings. The minimum Gasteiger partial charge on any atom is -0.493 e. The van der Waals surface area contributed by atoms with Crippen LogP contribution in [0.1, 0.15) is 27.8 Å². The molecule has 9 heteroatoms.